The van der Waals surface area contributed by atoms with E-state index in [-0.39, 0.29) is 23.6 Å². The molecule has 0 spiro atoms. The molecule has 1 unspecified atom stereocenters. The lowest BCUT2D eigenvalue weighted by molar-refractivity contribution is -0.132. The van der Waals surface area contributed by atoms with E-state index < -0.39 is 0 Å². The molecule has 136 valence electrons. The van der Waals surface area contributed by atoms with E-state index in [1.807, 2.05) is 41.3 Å². The van der Waals surface area contributed by atoms with Crippen LogP contribution in [-0.4, -0.2) is 36.3 Å². The van der Waals surface area contributed by atoms with Crippen LogP contribution in [0.25, 0.3) is 0 Å². The number of hydrogen-bond donors (Lipinski definition) is 0. The van der Waals surface area contributed by atoms with E-state index in [9.17, 15) is 9.59 Å². The quantitative estimate of drug-likeness (QED) is 0.823. The molecule has 2 aliphatic rings. The molecule has 0 saturated carbocycles. The molecule has 6 heteroatoms. The molecule has 1 fully saturated rings. The highest BCUT2D eigenvalue weighted by atomic mass is 32.2. The summed E-state index contributed by atoms with van der Waals surface area (Å²) < 4.78 is 5.54. The number of carbonyl (C=O) groups excluding carboxylic acids is 2. The number of nitrogens with zero attached hydrogens (tertiary/aromatic N) is 2. The lowest BCUT2D eigenvalue weighted by Crippen LogP contribution is -2.44. The molecular weight excluding hydrogens is 348 g/mol. The molecule has 2 amide bonds. The van der Waals surface area contributed by atoms with Crippen molar-refractivity contribution in [2.24, 2.45) is 0 Å². The molecule has 2 aliphatic heterocycles. The number of piperidine rings is 1. The average molecular weight is 370 g/mol. The first-order chi connectivity index (χ1) is 12.7. The summed E-state index contributed by atoms with van der Waals surface area (Å²) in [6.07, 6.45) is 5.23. The van der Waals surface area contributed by atoms with Crippen molar-refractivity contribution in [3.8, 4) is 0 Å². The number of benzene rings is 1. The number of fused-ring (bicyclic) bond motifs is 1. The van der Waals surface area contributed by atoms with E-state index in [4.69, 9.17) is 4.42 Å². The maximum Gasteiger partial charge on any atom is 0.242 e. The summed E-state index contributed by atoms with van der Waals surface area (Å²) in [6.45, 7) is 1.71. The molecule has 4 rings (SSSR count). The van der Waals surface area contributed by atoms with Gasteiger partial charge >= 0.3 is 0 Å². The zero-order valence-electron chi connectivity index (χ0n) is 14.6. The number of hydrogen-bond acceptors (Lipinski definition) is 4. The van der Waals surface area contributed by atoms with E-state index in [2.05, 4.69) is 0 Å². The molecule has 0 radical (unpaired) electrons. The van der Waals surface area contributed by atoms with Crippen molar-refractivity contribution < 1.29 is 14.0 Å². The van der Waals surface area contributed by atoms with Crippen LogP contribution in [0.3, 0.4) is 0 Å². The largest absolute Gasteiger partial charge is 0.468 e. The van der Waals surface area contributed by atoms with E-state index in [1.54, 1.807) is 22.9 Å². The maximum atomic E-state index is 13.0. The lowest BCUT2D eigenvalue weighted by Gasteiger charge is -2.30. The van der Waals surface area contributed by atoms with Crippen molar-refractivity contribution in [1.29, 1.82) is 0 Å². The third-order valence-corrected chi connectivity index (χ3v) is 6.23. The fourth-order valence-corrected chi connectivity index (χ4v) is 4.80. The maximum absolute atomic E-state index is 13.0. The molecule has 3 heterocycles. The number of carbonyl (C=O) groups is 2. The summed E-state index contributed by atoms with van der Waals surface area (Å²) in [5.74, 6) is 0.797. The first-order valence-corrected chi connectivity index (χ1v) is 9.97. The summed E-state index contributed by atoms with van der Waals surface area (Å²) in [7, 11) is 0. The predicted molar refractivity (Wildman–Crippen MR) is 101 cm³/mol. The fraction of sp³-hybridized carbons (Fsp3) is 0.400. The van der Waals surface area contributed by atoms with Gasteiger partial charge in [-0.2, -0.15) is 0 Å². The Bertz CT molecular complexity index is 784. The first kappa shape index (κ1) is 17.2. The summed E-state index contributed by atoms with van der Waals surface area (Å²) in [5.41, 5.74) is 0.821. The van der Waals surface area contributed by atoms with Crippen LogP contribution in [0.15, 0.2) is 52.0 Å². The number of anilines is 1. The fourth-order valence-electron chi connectivity index (χ4n) is 3.56. The van der Waals surface area contributed by atoms with Crippen molar-refractivity contribution in [2.75, 3.05) is 24.5 Å². The Kier molecular flexibility index (Phi) is 5.02. The van der Waals surface area contributed by atoms with Crippen LogP contribution in [0.5, 0.6) is 0 Å². The zero-order valence-corrected chi connectivity index (χ0v) is 15.4. The highest BCUT2D eigenvalue weighted by molar-refractivity contribution is 7.99. The normalized spacial score (nSPS) is 20.6. The second kappa shape index (κ2) is 7.58. The molecule has 0 bridgehead atoms. The summed E-state index contributed by atoms with van der Waals surface area (Å²) >= 11 is 1.62. The Morgan fingerprint density at radius 2 is 1.92 bits per heavy atom. The van der Waals surface area contributed by atoms with E-state index in [1.165, 1.54) is 6.42 Å². The van der Waals surface area contributed by atoms with Crippen molar-refractivity contribution in [3.63, 3.8) is 0 Å². The Hall–Kier alpha value is -2.21. The van der Waals surface area contributed by atoms with Gasteiger partial charge in [0.2, 0.25) is 11.8 Å². The van der Waals surface area contributed by atoms with Crippen LogP contribution in [0, 0.1) is 0 Å². The highest BCUT2D eigenvalue weighted by Gasteiger charge is 2.32. The van der Waals surface area contributed by atoms with Gasteiger partial charge in [0, 0.05) is 24.4 Å². The van der Waals surface area contributed by atoms with Gasteiger partial charge in [0.15, 0.2) is 0 Å². The lowest BCUT2D eigenvalue weighted by atomic mass is 10.1. The molecule has 5 nitrogen and oxygen atoms in total. The third kappa shape index (κ3) is 3.51. The van der Waals surface area contributed by atoms with Gasteiger partial charge in [0.25, 0.3) is 0 Å². The van der Waals surface area contributed by atoms with E-state index >= 15 is 0 Å². The Labute approximate surface area is 157 Å². The van der Waals surface area contributed by atoms with E-state index in [0.29, 0.717) is 6.42 Å². The Balaban J connectivity index is 1.60. The minimum absolute atomic E-state index is 0.0331. The molecule has 1 aromatic heterocycles. The number of furan rings is 1. The van der Waals surface area contributed by atoms with Crippen LogP contribution >= 0.6 is 11.8 Å². The number of thioether (sulfide) groups is 1. The molecule has 2 aromatic rings. The zero-order chi connectivity index (χ0) is 17.9. The third-order valence-electron chi connectivity index (χ3n) is 4.95. The first-order valence-electron chi connectivity index (χ1n) is 9.09. The van der Waals surface area contributed by atoms with Gasteiger partial charge in [-0.15, -0.1) is 11.8 Å². The van der Waals surface area contributed by atoms with Gasteiger partial charge in [-0.25, -0.2) is 0 Å². The van der Waals surface area contributed by atoms with Crippen molar-refractivity contribution in [2.45, 2.75) is 35.8 Å². The van der Waals surface area contributed by atoms with Crippen LogP contribution in [0.1, 0.15) is 36.7 Å². The minimum Gasteiger partial charge on any atom is -0.468 e. The van der Waals surface area contributed by atoms with Crippen molar-refractivity contribution in [1.82, 2.24) is 4.90 Å². The smallest absolute Gasteiger partial charge is 0.242 e. The monoisotopic (exact) mass is 370 g/mol. The molecule has 1 aromatic carbocycles. The highest BCUT2D eigenvalue weighted by Crippen LogP contribution is 2.45. The van der Waals surface area contributed by atoms with E-state index in [0.717, 1.165) is 42.3 Å². The van der Waals surface area contributed by atoms with Gasteiger partial charge in [-0.1, -0.05) is 12.1 Å². The van der Waals surface area contributed by atoms with Crippen LogP contribution in [0.4, 0.5) is 5.69 Å². The number of rotatable bonds is 3. The van der Waals surface area contributed by atoms with Crippen LogP contribution in [-0.2, 0) is 9.59 Å². The van der Waals surface area contributed by atoms with Crippen molar-refractivity contribution in [3.05, 3.63) is 48.4 Å². The number of amides is 2. The summed E-state index contributed by atoms with van der Waals surface area (Å²) in [6, 6.07) is 11.6. The summed E-state index contributed by atoms with van der Waals surface area (Å²) in [5, 5.41) is -0.0752. The molecular formula is C20H22N2O3S. The van der Waals surface area contributed by atoms with Gasteiger partial charge in [0.05, 0.1) is 17.2 Å². The second-order valence-electron chi connectivity index (χ2n) is 6.72. The Morgan fingerprint density at radius 3 is 2.69 bits per heavy atom. The molecule has 26 heavy (non-hydrogen) atoms. The van der Waals surface area contributed by atoms with Crippen LogP contribution < -0.4 is 4.90 Å². The number of likely N-dealkylation sites (tertiary alicyclic amines) is 1. The molecule has 1 atom stereocenters. The van der Waals surface area contributed by atoms with Crippen LogP contribution in [0.2, 0.25) is 0 Å². The molecule has 0 N–H and O–H groups in total. The summed E-state index contributed by atoms with van der Waals surface area (Å²) in [4.78, 5) is 30.3. The minimum atomic E-state index is -0.0752. The van der Waals surface area contributed by atoms with Gasteiger partial charge in [0.1, 0.15) is 12.3 Å². The Morgan fingerprint density at radius 1 is 1.12 bits per heavy atom. The van der Waals surface area contributed by atoms with Gasteiger partial charge < -0.3 is 14.2 Å². The van der Waals surface area contributed by atoms with Crippen molar-refractivity contribution >= 4 is 29.3 Å². The second-order valence-corrected chi connectivity index (χ2v) is 7.96. The average Bonchev–Trinajstić information content (AvgIpc) is 3.17. The van der Waals surface area contributed by atoms with Gasteiger partial charge in [-0.05, 0) is 43.5 Å². The SMILES string of the molecule is O=C(CN1C(=O)CC(c2ccco2)Sc2ccccc21)N1CCCCC1. The molecule has 0 aliphatic carbocycles. The molecule has 1 saturated heterocycles. The number of para-hydroxylation sites is 1. The van der Waals surface area contributed by atoms with Gasteiger partial charge in [-0.3, -0.25) is 9.59 Å². The predicted octanol–water partition coefficient (Wildman–Crippen LogP) is 3.86. The topological polar surface area (TPSA) is 53.8 Å². The standard InChI is InChI=1S/C20H22N2O3S/c23-19-13-18(16-8-6-12-25-16)26-17-9-3-2-7-15(17)22(19)14-20(24)21-10-4-1-5-11-21/h2-3,6-9,12,18H,1,4-5,10-11,13-14H2.